The molecule has 3 N–H and O–H groups in total. The Morgan fingerprint density at radius 1 is 1.50 bits per heavy atom. The molecule has 0 rings (SSSR count). The van der Waals surface area contributed by atoms with Crippen LogP contribution >= 0.6 is 0 Å². The molecule has 4 heteroatoms. The van der Waals surface area contributed by atoms with Crippen LogP contribution in [-0.2, 0) is 0 Å². The summed E-state index contributed by atoms with van der Waals surface area (Å²) in [6.07, 6.45) is -4.41. The quantitative estimate of drug-likeness (QED) is 0.544. The minimum Gasteiger partial charge on any atom is -0.386 e. The molecule has 8 heavy (non-hydrogen) atoms. The maximum atomic E-state index is 11.3. The number of rotatable bonds is 2. The van der Waals surface area contributed by atoms with Crippen LogP contribution in [0.15, 0.2) is 0 Å². The van der Waals surface area contributed by atoms with Gasteiger partial charge in [-0.2, -0.15) is 0 Å². The van der Waals surface area contributed by atoms with Gasteiger partial charge in [0.2, 0.25) is 0 Å². The van der Waals surface area contributed by atoms with Gasteiger partial charge in [0.05, 0.1) is 0 Å². The Morgan fingerprint density at radius 3 is 1.88 bits per heavy atom. The molecule has 0 fully saturated rings. The van der Waals surface area contributed by atoms with Gasteiger partial charge in [0.15, 0.2) is 0 Å². The summed E-state index contributed by atoms with van der Waals surface area (Å²) < 4.78 is 22.7. The van der Waals surface area contributed by atoms with Gasteiger partial charge in [-0.3, -0.25) is 0 Å². The first-order valence-electron chi connectivity index (χ1n) is 2.27. The van der Waals surface area contributed by atoms with Crippen molar-refractivity contribution in [3.8, 4) is 0 Å². The highest BCUT2D eigenvalue weighted by Gasteiger charge is 2.20. The Bertz CT molecular complexity index is 59.1. The topological polar surface area (TPSA) is 46.2 Å². The summed E-state index contributed by atoms with van der Waals surface area (Å²) in [6.45, 7) is 1.33. The molecule has 0 aliphatic carbocycles. The highest BCUT2D eigenvalue weighted by molar-refractivity contribution is 4.67. The molecule has 50 valence electrons. The Labute approximate surface area is 46.3 Å². The van der Waals surface area contributed by atoms with E-state index in [0.29, 0.717) is 0 Å². The number of halogens is 2. The van der Waals surface area contributed by atoms with Crippen molar-refractivity contribution in [2.45, 2.75) is 25.5 Å². The molecule has 0 spiro atoms. The maximum absolute atomic E-state index is 11.3. The summed E-state index contributed by atoms with van der Waals surface area (Å²) in [4.78, 5) is 0. The molecule has 0 unspecified atom stereocenters. The molecule has 0 aliphatic rings. The third kappa shape index (κ3) is 2.18. The van der Waals surface area contributed by atoms with E-state index < -0.39 is 18.6 Å². The van der Waals surface area contributed by atoms with E-state index in [1.54, 1.807) is 0 Å². The van der Waals surface area contributed by atoms with Gasteiger partial charge in [-0.25, -0.2) is 8.78 Å². The molecule has 0 aromatic heterocycles. The molecule has 0 saturated heterocycles. The van der Waals surface area contributed by atoms with Crippen molar-refractivity contribution in [1.29, 1.82) is 0 Å². The predicted octanol–water partition coefficient (Wildman–Crippen LogP) is -0.0404. The van der Waals surface area contributed by atoms with Gasteiger partial charge in [0.1, 0.15) is 6.10 Å². The third-order valence-corrected chi connectivity index (χ3v) is 0.797. The normalized spacial score (nSPS) is 18.8. The predicted molar refractivity (Wildman–Crippen MR) is 25.7 cm³/mol. The monoisotopic (exact) mass is 125 g/mol. The van der Waals surface area contributed by atoms with E-state index in [0.717, 1.165) is 0 Å². The Hall–Kier alpha value is -0.220. The van der Waals surface area contributed by atoms with Gasteiger partial charge >= 0.3 is 0 Å². The summed E-state index contributed by atoms with van der Waals surface area (Å²) in [7, 11) is 0. The summed E-state index contributed by atoms with van der Waals surface area (Å²) in [5.74, 6) is 0. The van der Waals surface area contributed by atoms with E-state index in [2.05, 4.69) is 0 Å². The van der Waals surface area contributed by atoms with Crippen molar-refractivity contribution < 1.29 is 13.9 Å². The average Bonchev–Trinajstić information content (AvgIpc) is 1.64. The molecule has 0 aromatic carbocycles. The molecule has 2 nitrogen and oxygen atoms in total. The minimum atomic E-state index is -2.73. The molecule has 0 aromatic rings. The summed E-state index contributed by atoms with van der Waals surface area (Å²) in [5.41, 5.74) is 4.91. The molecule has 0 bridgehead atoms. The fraction of sp³-hybridized carbons (Fsp3) is 1.00. The van der Waals surface area contributed by atoms with Crippen molar-refractivity contribution in [1.82, 2.24) is 0 Å². The molecule has 0 heterocycles. The molecular formula is C4H9F2NO. The highest BCUT2D eigenvalue weighted by Crippen LogP contribution is 2.02. The fourth-order valence-electron chi connectivity index (χ4n) is 0.229. The summed E-state index contributed by atoms with van der Waals surface area (Å²) in [5, 5.41) is 8.33. The van der Waals surface area contributed by atoms with E-state index in [1.165, 1.54) is 6.92 Å². The van der Waals surface area contributed by atoms with Crippen LogP contribution in [0.5, 0.6) is 0 Å². The van der Waals surface area contributed by atoms with Crippen LogP contribution in [0.1, 0.15) is 6.92 Å². The van der Waals surface area contributed by atoms with Crippen molar-refractivity contribution in [3.05, 3.63) is 0 Å². The van der Waals surface area contributed by atoms with E-state index in [4.69, 9.17) is 10.8 Å². The first-order valence-corrected chi connectivity index (χ1v) is 2.27. The van der Waals surface area contributed by atoms with Crippen LogP contribution in [0.2, 0.25) is 0 Å². The molecule has 0 radical (unpaired) electrons. The van der Waals surface area contributed by atoms with Crippen LogP contribution in [0.3, 0.4) is 0 Å². The zero-order chi connectivity index (χ0) is 6.73. The number of alkyl halides is 2. The van der Waals surface area contributed by atoms with E-state index >= 15 is 0 Å². The van der Waals surface area contributed by atoms with Crippen molar-refractivity contribution >= 4 is 0 Å². The number of hydrogen-bond donors (Lipinski definition) is 2. The third-order valence-electron chi connectivity index (χ3n) is 0.797. The van der Waals surface area contributed by atoms with Crippen LogP contribution in [-0.4, -0.2) is 23.7 Å². The highest BCUT2D eigenvalue weighted by atomic mass is 19.3. The maximum Gasteiger partial charge on any atom is 0.265 e. The summed E-state index contributed by atoms with van der Waals surface area (Å²) in [6, 6.07) is -0.852. The second-order valence-corrected chi connectivity index (χ2v) is 1.68. The zero-order valence-electron chi connectivity index (χ0n) is 4.51. The lowest BCUT2D eigenvalue weighted by Gasteiger charge is -2.11. The van der Waals surface area contributed by atoms with E-state index in [9.17, 15) is 8.78 Å². The standard InChI is InChI=1S/C4H9F2NO/c1-2(7)3(8)4(5)6/h2-4,8H,7H2,1H3/t2-,3+/m0/s1. The number of aliphatic hydroxyl groups excluding tert-OH is 1. The minimum absolute atomic E-state index is 0.852. The zero-order valence-corrected chi connectivity index (χ0v) is 4.51. The summed E-state index contributed by atoms with van der Waals surface area (Å²) >= 11 is 0. The Morgan fingerprint density at radius 2 is 1.88 bits per heavy atom. The van der Waals surface area contributed by atoms with Crippen LogP contribution in [0, 0.1) is 0 Å². The van der Waals surface area contributed by atoms with Crippen LogP contribution < -0.4 is 5.73 Å². The Kier molecular flexibility index (Phi) is 2.86. The van der Waals surface area contributed by atoms with Crippen LogP contribution in [0.4, 0.5) is 8.78 Å². The lowest BCUT2D eigenvalue weighted by atomic mass is 10.2. The van der Waals surface area contributed by atoms with Gasteiger partial charge in [-0.15, -0.1) is 0 Å². The molecular weight excluding hydrogens is 116 g/mol. The van der Waals surface area contributed by atoms with Gasteiger partial charge < -0.3 is 10.8 Å². The van der Waals surface area contributed by atoms with E-state index in [-0.39, 0.29) is 0 Å². The first-order chi connectivity index (χ1) is 3.55. The van der Waals surface area contributed by atoms with Crippen LogP contribution in [0.25, 0.3) is 0 Å². The second-order valence-electron chi connectivity index (χ2n) is 1.68. The first kappa shape index (κ1) is 7.78. The van der Waals surface area contributed by atoms with Gasteiger partial charge in [0, 0.05) is 6.04 Å². The van der Waals surface area contributed by atoms with Gasteiger partial charge in [0.25, 0.3) is 6.43 Å². The number of hydrogen-bond acceptors (Lipinski definition) is 2. The largest absolute Gasteiger partial charge is 0.386 e. The molecule has 0 aliphatic heterocycles. The van der Waals surface area contributed by atoms with E-state index in [1.807, 2.05) is 0 Å². The number of nitrogens with two attached hydrogens (primary N) is 1. The Balaban J connectivity index is 3.46. The molecule has 0 amide bonds. The van der Waals surface area contributed by atoms with Gasteiger partial charge in [-0.1, -0.05) is 0 Å². The second kappa shape index (κ2) is 2.94. The van der Waals surface area contributed by atoms with Gasteiger partial charge in [-0.05, 0) is 6.92 Å². The molecule has 2 atom stereocenters. The number of aliphatic hydroxyl groups is 1. The lowest BCUT2D eigenvalue weighted by Crippen LogP contribution is -2.36. The average molecular weight is 125 g/mol. The van der Waals surface area contributed by atoms with Crippen molar-refractivity contribution in [2.24, 2.45) is 5.73 Å². The van der Waals surface area contributed by atoms with Crippen molar-refractivity contribution in [3.63, 3.8) is 0 Å². The molecule has 0 saturated carbocycles. The fourth-order valence-corrected chi connectivity index (χ4v) is 0.229. The SMILES string of the molecule is C[C@H](N)[C@@H](O)C(F)F. The van der Waals surface area contributed by atoms with Crippen molar-refractivity contribution in [2.75, 3.05) is 0 Å². The smallest absolute Gasteiger partial charge is 0.265 e. The lowest BCUT2D eigenvalue weighted by molar-refractivity contribution is -0.0153.